The first kappa shape index (κ1) is 15.7. The first-order valence-corrected chi connectivity index (χ1v) is 7.31. The van der Waals surface area contributed by atoms with E-state index in [4.69, 9.17) is 17.3 Å². The summed E-state index contributed by atoms with van der Waals surface area (Å²) >= 11 is 5.75. The van der Waals surface area contributed by atoms with Crippen molar-refractivity contribution in [3.63, 3.8) is 0 Å². The predicted octanol–water partition coefficient (Wildman–Crippen LogP) is 1.26. The fraction of sp³-hybridized carbons (Fsp3) is 0.500. The van der Waals surface area contributed by atoms with Crippen molar-refractivity contribution in [1.82, 2.24) is 9.88 Å². The van der Waals surface area contributed by atoms with Gasteiger partial charge in [-0.25, -0.2) is 4.98 Å². The lowest BCUT2D eigenvalue weighted by atomic mass is 9.95. The second kappa shape index (κ2) is 6.87. The number of nitrogens with one attached hydrogen (secondary N) is 1. The molecule has 0 aromatic carbocycles. The van der Waals surface area contributed by atoms with E-state index in [1.165, 1.54) is 6.20 Å². The predicted molar refractivity (Wildman–Crippen MR) is 80.8 cm³/mol. The summed E-state index contributed by atoms with van der Waals surface area (Å²) in [5.74, 6) is 0.0515. The molecule has 114 valence electrons. The fourth-order valence-corrected chi connectivity index (χ4v) is 2.52. The highest BCUT2D eigenvalue weighted by Gasteiger charge is 2.28. The summed E-state index contributed by atoms with van der Waals surface area (Å²) in [7, 11) is 0. The maximum atomic E-state index is 12.2. The molecule has 2 amide bonds. The topological polar surface area (TPSA) is 88.3 Å². The van der Waals surface area contributed by atoms with Crippen LogP contribution in [0.5, 0.6) is 0 Å². The third-order valence-electron chi connectivity index (χ3n) is 3.84. The second-order valence-corrected chi connectivity index (χ2v) is 5.68. The van der Waals surface area contributed by atoms with Gasteiger partial charge in [0.15, 0.2) is 0 Å². The number of amides is 2. The number of carbonyl (C=O) groups excluding carboxylic acids is 2. The van der Waals surface area contributed by atoms with Gasteiger partial charge in [-0.2, -0.15) is 0 Å². The van der Waals surface area contributed by atoms with Crippen LogP contribution >= 0.6 is 11.6 Å². The van der Waals surface area contributed by atoms with Crippen molar-refractivity contribution in [2.75, 3.05) is 18.4 Å². The van der Waals surface area contributed by atoms with Gasteiger partial charge in [-0.1, -0.05) is 11.6 Å². The van der Waals surface area contributed by atoms with Gasteiger partial charge in [0.25, 0.3) is 0 Å². The van der Waals surface area contributed by atoms with Gasteiger partial charge in [0.2, 0.25) is 11.8 Å². The monoisotopic (exact) mass is 310 g/mol. The largest absolute Gasteiger partial charge is 0.368 e. The van der Waals surface area contributed by atoms with E-state index in [2.05, 4.69) is 10.3 Å². The van der Waals surface area contributed by atoms with Crippen LogP contribution in [0, 0.1) is 5.92 Å². The number of hydrogen-bond donors (Lipinski definition) is 2. The van der Waals surface area contributed by atoms with Crippen LogP contribution in [0.15, 0.2) is 18.3 Å². The van der Waals surface area contributed by atoms with Crippen molar-refractivity contribution in [2.24, 2.45) is 11.7 Å². The standard InChI is InChI=1S/C14H19ClN4O2/c1-9(13(16)20)19-6-4-10(5-7-19)14(21)18-12-3-2-11(15)8-17-12/h2-3,8-10H,4-7H2,1H3,(H2,16,20)(H,17,18,21)/t9-/m0/s1. The number of carbonyl (C=O) groups is 2. The molecule has 21 heavy (non-hydrogen) atoms. The van der Waals surface area contributed by atoms with Gasteiger partial charge in [-0.05, 0) is 45.0 Å². The molecule has 0 unspecified atom stereocenters. The number of nitrogens with zero attached hydrogens (tertiary/aromatic N) is 2. The molecule has 1 aliphatic rings. The Bertz CT molecular complexity index is 512. The zero-order valence-corrected chi connectivity index (χ0v) is 12.6. The second-order valence-electron chi connectivity index (χ2n) is 5.24. The van der Waals surface area contributed by atoms with Crippen LogP contribution in [0.4, 0.5) is 5.82 Å². The maximum absolute atomic E-state index is 12.2. The van der Waals surface area contributed by atoms with Crippen molar-refractivity contribution < 1.29 is 9.59 Å². The molecule has 7 heteroatoms. The Morgan fingerprint density at radius 3 is 2.62 bits per heavy atom. The number of aromatic nitrogens is 1. The zero-order valence-electron chi connectivity index (χ0n) is 11.9. The summed E-state index contributed by atoms with van der Waals surface area (Å²) in [6.07, 6.45) is 2.91. The fourth-order valence-electron chi connectivity index (χ4n) is 2.41. The number of piperidine rings is 1. The average molecular weight is 311 g/mol. The van der Waals surface area contributed by atoms with Crippen molar-refractivity contribution >= 4 is 29.2 Å². The van der Waals surface area contributed by atoms with E-state index in [-0.39, 0.29) is 23.8 Å². The van der Waals surface area contributed by atoms with Crippen LogP contribution in [0.2, 0.25) is 5.02 Å². The van der Waals surface area contributed by atoms with E-state index in [0.29, 0.717) is 36.8 Å². The first-order chi connectivity index (χ1) is 9.97. The highest BCUT2D eigenvalue weighted by molar-refractivity contribution is 6.30. The Kier molecular flexibility index (Phi) is 5.14. The van der Waals surface area contributed by atoms with Gasteiger partial charge in [0, 0.05) is 12.1 Å². The third kappa shape index (κ3) is 4.15. The maximum Gasteiger partial charge on any atom is 0.234 e. The van der Waals surface area contributed by atoms with Crippen molar-refractivity contribution in [3.8, 4) is 0 Å². The highest BCUT2D eigenvalue weighted by Crippen LogP contribution is 2.20. The quantitative estimate of drug-likeness (QED) is 0.876. The molecule has 0 bridgehead atoms. The van der Waals surface area contributed by atoms with Crippen LogP contribution in [-0.2, 0) is 9.59 Å². The van der Waals surface area contributed by atoms with Gasteiger partial charge in [-0.3, -0.25) is 14.5 Å². The van der Waals surface area contributed by atoms with Crippen molar-refractivity contribution in [3.05, 3.63) is 23.4 Å². The Morgan fingerprint density at radius 1 is 1.43 bits per heavy atom. The molecular formula is C14H19ClN4O2. The van der Waals surface area contributed by atoms with E-state index in [9.17, 15) is 9.59 Å². The van der Waals surface area contributed by atoms with E-state index in [1.54, 1.807) is 19.1 Å². The highest BCUT2D eigenvalue weighted by atomic mass is 35.5. The van der Waals surface area contributed by atoms with E-state index >= 15 is 0 Å². The van der Waals surface area contributed by atoms with Crippen molar-refractivity contribution in [2.45, 2.75) is 25.8 Å². The number of primary amides is 1. The number of rotatable bonds is 4. The van der Waals surface area contributed by atoms with Gasteiger partial charge < -0.3 is 11.1 Å². The summed E-state index contributed by atoms with van der Waals surface area (Å²) in [5.41, 5.74) is 5.30. The molecule has 0 saturated carbocycles. The average Bonchev–Trinajstić information content (AvgIpc) is 2.49. The summed E-state index contributed by atoms with van der Waals surface area (Å²) in [6, 6.07) is 3.07. The summed E-state index contributed by atoms with van der Waals surface area (Å²) in [6.45, 7) is 3.17. The SMILES string of the molecule is C[C@@H](C(N)=O)N1CCC(C(=O)Nc2ccc(Cl)cn2)CC1. The van der Waals surface area contributed by atoms with Gasteiger partial charge >= 0.3 is 0 Å². The Labute approximate surface area is 128 Å². The van der Waals surface area contributed by atoms with E-state index < -0.39 is 0 Å². The van der Waals surface area contributed by atoms with Crippen LogP contribution in [0.3, 0.4) is 0 Å². The molecule has 3 N–H and O–H groups in total. The third-order valence-corrected chi connectivity index (χ3v) is 4.06. The first-order valence-electron chi connectivity index (χ1n) is 6.93. The molecule has 1 aromatic heterocycles. The van der Waals surface area contributed by atoms with Gasteiger partial charge in [0.1, 0.15) is 5.82 Å². The number of halogens is 1. The number of hydrogen-bond acceptors (Lipinski definition) is 4. The van der Waals surface area contributed by atoms with Gasteiger partial charge in [-0.15, -0.1) is 0 Å². The van der Waals surface area contributed by atoms with E-state index in [0.717, 1.165) is 0 Å². The number of nitrogens with two attached hydrogens (primary N) is 1. The number of anilines is 1. The molecule has 6 nitrogen and oxygen atoms in total. The molecule has 0 spiro atoms. The minimum Gasteiger partial charge on any atom is -0.368 e. The molecule has 0 radical (unpaired) electrons. The minimum atomic E-state index is -0.330. The summed E-state index contributed by atoms with van der Waals surface area (Å²) < 4.78 is 0. The molecule has 1 fully saturated rings. The van der Waals surface area contributed by atoms with E-state index in [1.807, 2.05) is 4.90 Å². The molecule has 2 heterocycles. The van der Waals surface area contributed by atoms with Gasteiger partial charge in [0.05, 0.1) is 11.1 Å². The molecule has 1 saturated heterocycles. The molecule has 1 atom stereocenters. The molecule has 1 aliphatic heterocycles. The number of pyridine rings is 1. The van der Waals surface area contributed by atoms with Crippen LogP contribution in [0.25, 0.3) is 0 Å². The zero-order chi connectivity index (χ0) is 15.4. The lowest BCUT2D eigenvalue weighted by Gasteiger charge is -2.33. The Balaban J connectivity index is 1.85. The molecule has 2 rings (SSSR count). The lowest BCUT2D eigenvalue weighted by Crippen LogP contribution is -2.47. The summed E-state index contributed by atoms with van der Waals surface area (Å²) in [4.78, 5) is 29.4. The number of likely N-dealkylation sites (tertiary alicyclic amines) is 1. The van der Waals surface area contributed by atoms with Crippen LogP contribution < -0.4 is 11.1 Å². The minimum absolute atomic E-state index is 0.0452. The van der Waals surface area contributed by atoms with Crippen molar-refractivity contribution in [1.29, 1.82) is 0 Å². The van der Waals surface area contributed by atoms with Crippen LogP contribution in [0.1, 0.15) is 19.8 Å². The summed E-state index contributed by atoms with van der Waals surface area (Å²) in [5, 5.41) is 3.32. The normalized spacial score (nSPS) is 18.2. The molecule has 1 aromatic rings. The molecule has 0 aliphatic carbocycles. The Morgan fingerprint density at radius 2 is 2.10 bits per heavy atom. The van der Waals surface area contributed by atoms with Crippen LogP contribution in [-0.4, -0.2) is 40.8 Å². The smallest absolute Gasteiger partial charge is 0.234 e. The molecular weight excluding hydrogens is 292 g/mol. The lowest BCUT2D eigenvalue weighted by molar-refractivity contribution is -0.124. The Hall–Kier alpha value is -1.66.